The van der Waals surface area contributed by atoms with Crippen molar-refractivity contribution in [2.75, 3.05) is 6.61 Å². The van der Waals surface area contributed by atoms with E-state index in [2.05, 4.69) is 0 Å². The van der Waals surface area contributed by atoms with Crippen LogP contribution in [0.15, 0.2) is 42.5 Å². The molecule has 1 heterocycles. The molecule has 0 unspecified atom stereocenters. The average molecular weight is 371 g/mol. The van der Waals surface area contributed by atoms with Crippen molar-refractivity contribution in [3.05, 3.63) is 69.8 Å². The fraction of sp³-hybridized carbons (Fsp3) is 0.200. The van der Waals surface area contributed by atoms with E-state index in [1.807, 2.05) is 0 Å². The molecule has 0 saturated carbocycles. The number of hydrogen-bond donors (Lipinski definition) is 0. The first-order valence-corrected chi connectivity index (χ1v) is 8.65. The highest BCUT2D eigenvalue weighted by atomic mass is 31.2. The van der Waals surface area contributed by atoms with Crippen LogP contribution in [-0.4, -0.2) is 11.5 Å². The third-order valence-electron chi connectivity index (χ3n) is 3.48. The minimum absolute atomic E-state index is 0.0225. The summed E-state index contributed by atoms with van der Waals surface area (Å²) in [6.45, 7) is -0.0507. The van der Waals surface area contributed by atoms with Gasteiger partial charge in [0.05, 0.1) is 11.5 Å². The van der Waals surface area contributed by atoms with Gasteiger partial charge >= 0.3 is 7.82 Å². The van der Waals surface area contributed by atoms with E-state index in [0.717, 1.165) is 18.2 Å². The molecule has 0 spiro atoms. The normalized spacial score (nSPS) is 23.2. The van der Waals surface area contributed by atoms with E-state index < -0.39 is 30.5 Å². The van der Waals surface area contributed by atoms with Crippen molar-refractivity contribution in [3.63, 3.8) is 0 Å². The lowest BCUT2D eigenvalue weighted by Gasteiger charge is -2.29. The molecule has 0 N–H and O–H groups in total. The van der Waals surface area contributed by atoms with Crippen LogP contribution in [0.25, 0.3) is 0 Å². The lowest BCUT2D eigenvalue weighted by atomic mass is 10.1. The Hall–Kier alpha value is -2.35. The largest absolute Gasteiger partial charge is 0.530 e. The Morgan fingerprint density at radius 3 is 2.60 bits per heavy atom. The third kappa shape index (κ3) is 3.84. The molecule has 1 aliphatic heterocycles. The molecule has 2 aromatic carbocycles. The third-order valence-corrected chi connectivity index (χ3v) is 4.92. The quantitative estimate of drug-likeness (QED) is 0.445. The summed E-state index contributed by atoms with van der Waals surface area (Å²) in [5, 5.41) is 10.6. The van der Waals surface area contributed by atoms with Gasteiger partial charge in [-0.05, 0) is 18.2 Å². The van der Waals surface area contributed by atoms with Gasteiger partial charge in [-0.2, -0.15) is 0 Å². The molecule has 25 heavy (non-hydrogen) atoms. The van der Waals surface area contributed by atoms with Crippen molar-refractivity contribution in [2.45, 2.75) is 12.5 Å². The maximum atomic E-state index is 13.9. The van der Waals surface area contributed by atoms with Gasteiger partial charge in [0.2, 0.25) is 0 Å². The number of nitrogens with zero attached hydrogens (tertiary/aromatic N) is 1. The highest BCUT2D eigenvalue weighted by Crippen LogP contribution is 2.56. The molecule has 7 nitrogen and oxygen atoms in total. The number of nitro benzene ring substituents is 1. The molecular formula is C15H12F2NO6P. The average Bonchev–Trinajstić information content (AvgIpc) is 2.57. The Morgan fingerprint density at radius 2 is 1.92 bits per heavy atom. The first-order chi connectivity index (χ1) is 11.9. The fourth-order valence-electron chi connectivity index (χ4n) is 2.30. The zero-order valence-corrected chi connectivity index (χ0v) is 13.5. The summed E-state index contributed by atoms with van der Waals surface area (Å²) >= 11 is 0. The van der Waals surface area contributed by atoms with E-state index in [1.54, 1.807) is 0 Å². The highest BCUT2D eigenvalue weighted by Gasteiger charge is 2.38. The van der Waals surface area contributed by atoms with Crippen molar-refractivity contribution in [3.8, 4) is 5.75 Å². The van der Waals surface area contributed by atoms with Crippen LogP contribution in [-0.2, 0) is 13.6 Å². The monoisotopic (exact) mass is 371 g/mol. The summed E-state index contributed by atoms with van der Waals surface area (Å²) in [4.78, 5) is 10.0. The lowest BCUT2D eigenvalue weighted by molar-refractivity contribution is -0.384. The van der Waals surface area contributed by atoms with Crippen molar-refractivity contribution < 1.29 is 31.8 Å². The van der Waals surface area contributed by atoms with Crippen molar-refractivity contribution >= 4 is 13.5 Å². The minimum atomic E-state index is -4.09. The standard InChI is InChI=1S/C15H12F2NO6P/c16-13-3-1-2-12(15(13)17)14-8-9-22-25(21,24-14)23-11-6-4-10(5-7-11)18(19)20/h1-7,14H,8-9H2/t14-,25-/m1/s1. The van der Waals surface area contributed by atoms with Gasteiger partial charge in [0.1, 0.15) is 11.9 Å². The van der Waals surface area contributed by atoms with Crippen LogP contribution in [0.1, 0.15) is 18.1 Å². The Bertz CT molecular complexity index is 844. The molecule has 132 valence electrons. The molecular weight excluding hydrogens is 359 g/mol. The summed E-state index contributed by atoms with van der Waals surface area (Å²) in [6, 6.07) is 8.39. The minimum Gasteiger partial charge on any atom is -0.404 e. The van der Waals surface area contributed by atoms with Crippen LogP contribution in [0.4, 0.5) is 14.5 Å². The summed E-state index contributed by atoms with van der Waals surface area (Å²) in [6.07, 6.45) is -0.845. The topological polar surface area (TPSA) is 87.9 Å². The van der Waals surface area contributed by atoms with Gasteiger partial charge in [0.15, 0.2) is 11.6 Å². The van der Waals surface area contributed by atoms with E-state index >= 15 is 0 Å². The van der Waals surface area contributed by atoms with Crippen LogP contribution in [0.2, 0.25) is 0 Å². The number of non-ortho nitro benzene ring substituents is 1. The van der Waals surface area contributed by atoms with Gasteiger partial charge in [0.25, 0.3) is 5.69 Å². The van der Waals surface area contributed by atoms with Crippen LogP contribution in [0, 0.1) is 21.7 Å². The number of rotatable bonds is 4. The predicted molar refractivity (Wildman–Crippen MR) is 82.1 cm³/mol. The maximum Gasteiger partial charge on any atom is 0.530 e. The molecule has 1 aliphatic rings. The summed E-state index contributed by atoms with van der Waals surface area (Å²) in [5.41, 5.74) is -0.258. The smallest absolute Gasteiger partial charge is 0.404 e. The van der Waals surface area contributed by atoms with Crippen molar-refractivity contribution in [1.29, 1.82) is 0 Å². The van der Waals surface area contributed by atoms with Crippen LogP contribution < -0.4 is 4.52 Å². The second-order valence-electron chi connectivity index (χ2n) is 5.15. The molecule has 1 fully saturated rings. The van der Waals surface area contributed by atoms with E-state index in [9.17, 15) is 23.5 Å². The Morgan fingerprint density at radius 1 is 1.20 bits per heavy atom. The summed E-state index contributed by atoms with van der Waals surface area (Å²) in [5.74, 6) is -2.11. The first kappa shape index (κ1) is 17.5. The number of benzene rings is 2. The van der Waals surface area contributed by atoms with Gasteiger partial charge in [-0.25, -0.2) is 13.3 Å². The Kier molecular flexibility index (Phi) is 4.80. The number of hydrogen-bond acceptors (Lipinski definition) is 6. The molecule has 10 heteroatoms. The molecule has 1 saturated heterocycles. The molecule has 2 aromatic rings. The van der Waals surface area contributed by atoms with Crippen molar-refractivity contribution in [2.24, 2.45) is 0 Å². The van der Waals surface area contributed by atoms with Crippen LogP contribution >= 0.6 is 7.82 Å². The second kappa shape index (κ2) is 6.87. The number of nitro groups is 1. The van der Waals surface area contributed by atoms with E-state index in [1.165, 1.54) is 24.3 Å². The van der Waals surface area contributed by atoms with Crippen LogP contribution in [0.3, 0.4) is 0 Å². The molecule has 0 aromatic heterocycles. The van der Waals surface area contributed by atoms with Gasteiger partial charge in [-0.1, -0.05) is 12.1 Å². The lowest BCUT2D eigenvalue weighted by Crippen LogP contribution is -2.17. The Balaban J connectivity index is 1.78. The van der Waals surface area contributed by atoms with Crippen LogP contribution in [0.5, 0.6) is 5.75 Å². The van der Waals surface area contributed by atoms with Crippen molar-refractivity contribution in [1.82, 2.24) is 0 Å². The fourth-order valence-corrected chi connectivity index (χ4v) is 3.69. The van der Waals surface area contributed by atoms with Gasteiger partial charge in [0, 0.05) is 24.1 Å². The zero-order valence-electron chi connectivity index (χ0n) is 12.6. The second-order valence-corrected chi connectivity index (χ2v) is 6.69. The number of halogens is 2. The number of phosphoric acid groups is 1. The zero-order chi connectivity index (χ0) is 18.0. The maximum absolute atomic E-state index is 13.9. The van der Waals surface area contributed by atoms with Gasteiger partial charge in [-0.3, -0.25) is 19.2 Å². The molecule has 0 amide bonds. The van der Waals surface area contributed by atoms with E-state index in [-0.39, 0.29) is 30.0 Å². The SMILES string of the molecule is O=[N+]([O-])c1ccc(O[P@@]2(=O)OCC[C@H](c3cccc(F)c3F)O2)cc1. The molecule has 0 aliphatic carbocycles. The molecule has 0 bridgehead atoms. The highest BCUT2D eigenvalue weighted by molar-refractivity contribution is 7.49. The predicted octanol–water partition coefficient (Wildman–Crippen LogP) is 4.54. The summed E-state index contributed by atoms with van der Waals surface area (Å²) in [7, 11) is -4.09. The first-order valence-electron chi connectivity index (χ1n) is 7.19. The van der Waals surface area contributed by atoms with E-state index in [4.69, 9.17) is 13.6 Å². The molecule has 0 radical (unpaired) electrons. The van der Waals surface area contributed by atoms with Gasteiger partial charge < -0.3 is 4.52 Å². The van der Waals surface area contributed by atoms with Gasteiger partial charge in [-0.15, -0.1) is 0 Å². The number of phosphoric ester groups is 1. The Labute approximate surface area is 140 Å². The molecule has 2 atom stereocenters. The summed E-state index contributed by atoms with van der Waals surface area (Å²) < 4.78 is 55.3. The molecule has 3 rings (SSSR count). The van der Waals surface area contributed by atoms with E-state index in [0.29, 0.717) is 0 Å².